The Hall–Kier alpha value is -2.20. The van der Waals surface area contributed by atoms with Gasteiger partial charge in [-0.1, -0.05) is 29.0 Å². The standard InChI is InChI=1S/C17H15NO2S/c1-10-8-11(2)15(12(3)9-10)18-13-6-4-5-7-14(13)21-16(18)17(19)20/h4-9H,1-3H3/p+1. The number of aromatic carboxylic acids is 1. The van der Waals surface area contributed by atoms with Gasteiger partial charge in [0.25, 0.3) is 0 Å². The highest BCUT2D eigenvalue weighted by atomic mass is 32.1. The fraction of sp³-hybridized carbons (Fsp3) is 0.176. The predicted molar refractivity (Wildman–Crippen MR) is 84.5 cm³/mol. The second-order valence-corrected chi connectivity index (χ2v) is 6.29. The lowest BCUT2D eigenvalue weighted by atomic mass is 10.0. The molecule has 0 fully saturated rings. The topological polar surface area (TPSA) is 41.2 Å². The van der Waals surface area contributed by atoms with Gasteiger partial charge in [0, 0.05) is 17.2 Å². The first-order valence-electron chi connectivity index (χ1n) is 6.74. The molecule has 0 spiro atoms. The Balaban J connectivity index is 2.44. The molecule has 0 atom stereocenters. The number of benzene rings is 2. The van der Waals surface area contributed by atoms with E-state index in [1.165, 1.54) is 16.9 Å². The summed E-state index contributed by atoms with van der Waals surface area (Å²) in [7, 11) is 0. The molecule has 3 rings (SSSR count). The first-order chi connectivity index (χ1) is 9.99. The molecule has 1 aromatic heterocycles. The van der Waals surface area contributed by atoms with Crippen molar-refractivity contribution >= 4 is 27.5 Å². The minimum Gasteiger partial charge on any atom is -0.473 e. The second-order valence-electron chi connectivity index (χ2n) is 5.26. The second kappa shape index (κ2) is 4.97. The summed E-state index contributed by atoms with van der Waals surface area (Å²) in [6, 6.07) is 12.0. The van der Waals surface area contributed by atoms with Crippen molar-refractivity contribution in [3.8, 4) is 5.69 Å². The number of hydrogen-bond acceptors (Lipinski definition) is 2. The van der Waals surface area contributed by atoms with Gasteiger partial charge in [0.1, 0.15) is 4.70 Å². The Labute approximate surface area is 127 Å². The van der Waals surface area contributed by atoms with Crippen LogP contribution in [0.4, 0.5) is 0 Å². The van der Waals surface area contributed by atoms with E-state index in [-0.39, 0.29) is 0 Å². The molecule has 0 aliphatic rings. The number of rotatable bonds is 2. The van der Waals surface area contributed by atoms with Crippen molar-refractivity contribution in [1.29, 1.82) is 0 Å². The summed E-state index contributed by atoms with van der Waals surface area (Å²) >= 11 is 1.31. The number of para-hydroxylation sites is 1. The van der Waals surface area contributed by atoms with Gasteiger partial charge < -0.3 is 5.11 Å². The molecule has 0 aliphatic heterocycles. The zero-order valence-corrected chi connectivity index (χ0v) is 13.0. The van der Waals surface area contributed by atoms with E-state index in [1.807, 2.05) is 42.7 Å². The van der Waals surface area contributed by atoms with Crippen LogP contribution >= 0.6 is 11.3 Å². The van der Waals surface area contributed by atoms with Gasteiger partial charge in [-0.3, -0.25) is 0 Å². The zero-order chi connectivity index (χ0) is 15.1. The Morgan fingerprint density at radius 3 is 2.33 bits per heavy atom. The Bertz CT molecular complexity index is 841. The number of aryl methyl sites for hydroxylation is 3. The van der Waals surface area contributed by atoms with Gasteiger partial charge in [0.05, 0.1) is 0 Å². The van der Waals surface area contributed by atoms with Crippen molar-refractivity contribution in [2.24, 2.45) is 0 Å². The first-order valence-corrected chi connectivity index (χ1v) is 7.56. The van der Waals surface area contributed by atoms with E-state index in [4.69, 9.17) is 0 Å². The third-order valence-corrected chi connectivity index (χ3v) is 4.67. The van der Waals surface area contributed by atoms with Gasteiger partial charge in [-0.2, -0.15) is 0 Å². The molecular formula is C17H16NO2S+. The Morgan fingerprint density at radius 1 is 1.10 bits per heavy atom. The molecular weight excluding hydrogens is 282 g/mol. The Morgan fingerprint density at radius 2 is 1.71 bits per heavy atom. The number of aromatic nitrogens is 1. The lowest BCUT2D eigenvalue weighted by Gasteiger charge is -2.06. The normalized spacial score (nSPS) is 11.0. The average molecular weight is 298 g/mol. The highest BCUT2D eigenvalue weighted by Gasteiger charge is 2.30. The van der Waals surface area contributed by atoms with Crippen LogP contribution in [-0.4, -0.2) is 11.1 Å². The van der Waals surface area contributed by atoms with Crippen LogP contribution in [0.3, 0.4) is 0 Å². The number of hydrogen-bond donors (Lipinski definition) is 1. The van der Waals surface area contributed by atoms with Gasteiger partial charge in [0.2, 0.25) is 11.2 Å². The van der Waals surface area contributed by atoms with Gasteiger partial charge in [-0.25, -0.2) is 4.79 Å². The molecule has 0 unspecified atom stereocenters. The summed E-state index contributed by atoms with van der Waals surface area (Å²) in [4.78, 5) is 11.6. The van der Waals surface area contributed by atoms with E-state index in [1.54, 1.807) is 0 Å². The van der Waals surface area contributed by atoms with Crippen LogP contribution < -0.4 is 4.57 Å². The molecule has 0 saturated carbocycles. The van der Waals surface area contributed by atoms with Gasteiger partial charge in [-0.15, -0.1) is 4.57 Å². The highest BCUT2D eigenvalue weighted by Crippen LogP contribution is 2.25. The van der Waals surface area contributed by atoms with Crippen molar-refractivity contribution in [1.82, 2.24) is 0 Å². The van der Waals surface area contributed by atoms with Crippen LogP contribution in [0.25, 0.3) is 15.9 Å². The molecule has 0 saturated heterocycles. The molecule has 3 nitrogen and oxygen atoms in total. The summed E-state index contributed by atoms with van der Waals surface area (Å²) in [6.45, 7) is 6.11. The number of fused-ring (bicyclic) bond motifs is 1. The van der Waals surface area contributed by atoms with Gasteiger partial charge >= 0.3 is 11.0 Å². The summed E-state index contributed by atoms with van der Waals surface area (Å²) in [5.41, 5.74) is 5.27. The van der Waals surface area contributed by atoms with Crippen LogP contribution in [0.1, 0.15) is 26.5 Å². The molecule has 0 bridgehead atoms. The van der Waals surface area contributed by atoms with Gasteiger partial charge in [-0.05, 0) is 39.0 Å². The smallest absolute Gasteiger partial charge is 0.413 e. The molecule has 4 heteroatoms. The van der Waals surface area contributed by atoms with Crippen LogP contribution in [0.5, 0.6) is 0 Å². The largest absolute Gasteiger partial charge is 0.473 e. The van der Waals surface area contributed by atoms with Crippen LogP contribution in [0.2, 0.25) is 0 Å². The van der Waals surface area contributed by atoms with Crippen molar-refractivity contribution in [3.63, 3.8) is 0 Å². The summed E-state index contributed by atoms with van der Waals surface area (Å²) in [5.74, 6) is -0.893. The predicted octanol–water partition coefficient (Wildman–Crippen LogP) is 3.80. The molecule has 2 aromatic carbocycles. The van der Waals surface area contributed by atoms with Crippen molar-refractivity contribution in [2.45, 2.75) is 20.8 Å². The summed E-state index contributed by atoms with van der Waals surface area (Å²) < 4.78 is 2.85. The molecule has 106 valence electrons. The molecule has 1 N–H and O–H groups in total. The van der Waals surface area contributed by atoms with Crippen LogP contribution in [0, 0.1) is 20.8 Å². The molecule has 0 radical (unpaired) electrons. The maximum atomic E-state index is 11.6. The minimum atomic E-state index is -0.893. The Kier molecular flexibility index (Phi) is 3.26. The number of thiazole rings is 1. The highest BCUT2D eigenvalue weighted by molar-refractivity contribution is 7.19. The SMILES string of the molecule is Cc1cc(C)c(-[n+]2c(C(=O)O)sc3ccccc32)c(C)c1. The number of carboxylic acid groups (broad SMARTS) is 1. The number of nitrogens with zero attached hydrogens (tertiary/aromatic N) is 1. The fourth-order valence-electron chi connectivity index (χ4n) is 2.87. The lowest BCUT2D eigenvalue weighted by Crippen LogP contribution is -2.37. The van der Waals surface area contributed by atoms with Crippen LogP contribution in [-0.2, 0) is 0 Å². The van der Waals surface area contributed by atoms with E-state index < -0.39 is 5.97 Å². The van der Waals surface area contributed by atoms with E-state index in [0.29, 0.717) is 5.01 Å². The third kappa shape index (κ3) is 2.21. The monoisotopic (exact) mass is 298 g/mol. The first kappa shape index (κ1) is 13.8. The van der Waals surface area contributed by atoms with E-state index in [2.05, 4.69) is 19.1 Å². The molecule has 0 amide bonds. The minimum absolute atomic E-state index is 0.339. The molecule has 3 aromatic rings. The quantitative estimate of drug-likeness (QED) is 0.731. The number of carbonyl (C=O) groups is 1. The summed E-state index contributed by atoms with van der Waals surface area (Å²) in [6.07, 6.45) is 0. The lowest BCUT2D eigenvalue weighted by molar-refractivity contribution is -0.566. The maximum absolute atomic E-state index is 11.6. The third-order valence-electron chi connectivity index (χ3n) is 3.56. The van der Waals surface area contributed by atoms with Crippen molar-refractivity contribution < 1.29 is 14.5 Å². The molecule has 0 aliphatic carbocycles. The summed E-state index contributed by atoms with van der Waals surface area (Å²) in [5, 5.41) is 9.89. The van der Waals surface area contributed by atoms with Crippen LogP contribution in [0.15, 0.2) is 36.4 Å². The van der Waals surface area contributed by atoms with E-state index >= 15 is 0 Å². The average Bonchev–Trinajstić information content (AvgIpc) is 2.77. The number of carboxylic acids is 1. The van der Waals surface area contributed by atoms with E-state index in [0.717, 1.165) is 27.0 Å². The fourth-order valence-corrected chi connectivity index (χ4v) is 3.86. The van der Waals surface area contributed by atoms with Gasteiger partial charge in [0.15, 0.2) is 0 Å². The molecule has 1 heterocycles. The van der Waals surface area contributed by atoms with E-state index in [9.17, 15) is 9.90 Å². The zero-order valence-electron chi connectivity index (χ0n) is 12.2. The van der Waals surface area contributed by atoms with Crippen molar-refractivity contribution in [2.75, 3.05) is 0 Å². The maximum Gasteiger partial charge on any atom is 0.413 e. The van der Waals surface area contributed by atoms with Crippen molar-refractivity contribution in [3.05, 3.63) is 58.1 Å². The molecule has 21 heavy (non-hydrogen) atoms.